The maximum atomic E-state index is 12.8. The number of benzene rings is 1. The molecule has 1 aliphatic heterocycles. The highest BCUT2D eigenvalue weighted by atomic mass is 16.6. The molecule has 10 nitrogen and oxygen atoms in total. The molecule has 1 saturated heterocycles. The van der Waals surface area contributed by atoms with Crippen LogP contribution in [0, 0.1) is 10.1 Å². The van der Waals surface area contributed by atoms with Crippen LogP contribution >= 0.6 is 0 Å². The Morgan fingerprint density at radius 3 is 2.67 bits per heavy atom. The number of aromatic nitrogens is 1. The van der Waals surface area contributed by atoms with E-state index in [0.29, 0.717) is 5.69 Å². The van der Waals surface area contributed by atoms with Crippen LogP contribution in [0.4, 0.5) is 5.69 Å². The lowest BCUT2D eigenvalue weighted by Crippen LogP contribution is -2.33. The number of ether oxygens (including phenoxy) is 1. The lowest BCUT2D eigenvalue weighted by molar-refractivity contribution is -0.384. The normalized spacial score (nSPS) is 18.0. The molecule has 1 aromatic heterocycles. The molecule has 2 N–H and O–H groups in total. The molecule has 0 saturated carbocycles. The van der Waals surface area contributed by atoms with E-state index < -0.39 is 28.4 Å². The van der Waals surface area contributed by atoms with Crippen molar-refractivity contribution < 1.29 is 29.5 Å². The summed E-state index contributed by atoms with van der Waals surface area (Å²) in [5, 5.41) is 30.7. The smallest absolute Gasteiger partial charge is 0.295 e. The number of ketones is 1. The van der Waals surface area contributed by atoms with Crippen LogP contribution < -0.4 is 0 Å². The van der Waals surface area contributed by atoms with Gasteiger partial charge >= 0.3 is 0 Å². The third-order valence-corrected chi connectivity index (χ3v) is 4.55. The molecule has 1 atom stereocenters. The molecule has 1 unspecified atom stereocenters. The molecule has 0 radical (unpaired) electrons. The van der Waals surface area contributed by atoms with Gasteiger partial charge in [0.2, 0.25) is 0 Å². The molecule has 1 fully saturated rings. The van der Waals surface area contributed by atoms with Crippen molar-refractivity contribution in [2.45, 2.75) is 6.04 Å². The van der Waals surface area contributed by atoms with Gasteiger partial charge in [0.15, 0.2) is 0 Å². The molecule has 3 rings (SSSR count). The van der Waals surface area contributed by atoms with E-state index in [1.165, 1.54) is 29.3 Å². The van der Waals surface area contributed by atoms with E-state index in [1.807, 2.05) is 0 Å². The maximum absolute atomic E-state index is 12.8. The lowest BCUT2D eigenvalue weighted by atomic mass is 9.98. The molecule has 2 aromatic rings. The largest absolute Gasteiger partial charge is 0.507 e. The van der Waals surface area contributed by atoms with Crippen LogP contribution in [-0.2, 0) is 14.3 Å². The number of aliphatic hydroxyl groups is 2. The maximum Gasteiger partial charge on any atom is 0.295 e. The summed E-state index contributed by atoms with van der Waals surface area (Å²) >= 11 is 0. The highest BCUT2D eigenvalue weighted by Gasteiger charge is 2.46. The quantitative estimate of drug-likeness (QED) is 0.165. The fraction of sp³-hybridized carbons (Fsp3) is 0.250. The molecular formula is C20H19N3O7. The molecule has 1 aromatic carbocycles. The van der Waals surface area contributed by atoms with Crippen LogP contribution in [0.25, 0.3) is 5.76 Å². The predicted octanol–water partition coefficient (Wildman–Crippen LogP) is 1.42. The summed E-state index contributed by atoms with van der Waals surface area (Å²) in [6.07, 6.45) is 1.49. The second-order valence-electron chi connectivity index (χ2n) is 6.39. The van der Waals surface area contributed by atoms with E-state index in [2.05, 4.69) is 4.98 Å². The number of hydrogen-bond donors (Lipinski definition) is 2. The van der Waals surface area contributed by atoms with E-state index in [9.17, 15) is 24.8 Å². The van der Waals surface area contributed by atoms with Gasteiger partial charge in [0.25, 0.3) is 17.4 Å². The number of aliphatic hydroxyl groups excluding tert-OH is 2. The van der Waals surface area contributed by atoms with Gasteiger partial charge < -0.3 is 19.8 Å². The van der Waals surface area contributed by atoms with Gasteiger partial charge in [0.05, 0.1) is 36.0 Å². The first kappa shape index (κ1) is 21.1. The average molecular weight is 413 g/mol. The Hall–Kier alpha value is -3.63. The summed E-state index contributed by atoms with van der Waals surface area (Å²) in [7, 11) is 0. The fourth-order valence-electron chi connectivity index (χ4n) is 3.21. The van der Waals surface area contributed by atoms with Crippen LogP contribution in [0.1, 0.15) is 17.3 Å². The van der Waals surface area contributed by atoms with Gasteiger partial charge in [-0.25, -0.2) is 0 Å². The number of pyridine rings is 1. The molecule has 10 heteroatoms. The van der Waals surface area contributed by atoms with Gasteiger partial charge in [-0.1, -0.05) is 18.2 Å². The first-order chi connectivity index (χ1) is 14.5. The zero-order valence-corrected chi connectivity index (χ0v) is 15.8. The summed E-state index contributed by atoms with van der Waals surface area (Å²) < 4.78 is 5.21. The van der Waals surface area contributed by atoms with Crippen LogP contribution in [-0.4, -0.2) is 63.1 Å². The van der Waals surface area contributed by atoms with Gasteiger partial charge in [-0.05, 0) is 12.1 Å². The minimum absolute atomic E-state index is 0.0253. The Labute approximate surface area is 171 Å². The van der Waals surface area contributed by atoms with Crippen molar-refractivity contribution in [3.05, 3.63) is 75.6 Å². The molecule has 0 aliphatic carbocycles. The van der Waals surface area contributed by atoms with Crippen LogP contribution in [0.5, 0.6) is 0 Å². The lowest BCUT2D eigenvalue weighted by Gasteiger charge is -2.24. The second kappa shape index (κ2) is 9.25. The van der Waals surface area contributed by atoms with Gasteiger partial charge in [0.1, 0.15) is 11.8 Å². The van der Waals surface area contributed by atoms with Crippen molar-refractivity contribution in [2.24, 2.45) is 0 Å². The number of carbonyl (C=O) groups excluding carboxylic acids is 2. The van der Waals surface area contributed by atoms with E-state index in [1.54, 1.807) is 18.2 Å². The first-order valence-electron chi connectivity index (χ1n) is 9.08. The van der Waals surface area contributed by atoms with Crippen molar-refractivity contribution in [2.75, 3.05) is 26.4 Å². The highest BCUT2D eigenvalue weighted by molar-refractivity contribution is 6.46. The number of likely N-dealkylation sites (tertiary alicyclic amines) is 1. The Kier molecular flexibility index (Phi) is 6.50. The number of rotatable bonds is 8. The monoisotopic (exact) mass is 413 g/mol. The minimum Gasteiger partial charge on any atom is -0.507 e. The number of nitrogens with zero attached hydrogens (tertiary/aromatic N) is 3. The third-order valence-electron chi connectivity index (χ3n) is 4.55. The number of nitro groups is 1. The van der Waals surface area contributed by atoms with E-state index >= 15 is 0 Å². The Balaban J connectivity index is 2.07. The molecule has 1 amide bonds. The molecule has 0 spiro atoms. The molecule has 30 heavy (non-hydrogen) atoms. The molecule has 156 valence electrons. The van der Waals surface area contributed by atoms with Gasteiger partial charge in [0, 0.05) is 30.4 Å². The topological polar surface area (TPSA) is 143 Å². The van der Waals surface area contributed by atoms with Crippen molar-refractivity contribution in [3.8, 4) is 0 Å². The van der Waals surface area contributed by atoms with Crippen molar-refractivity contribution in [1.29, 1.82) is 0 Å². The summed E-state index contributed by atoms with van der Waals surface area (Å²) in [5.74, 6) is -2.28. The number of amides is 1. The fourth-order valence-corrected chi connectivity index (χ4v) is 3.21. The van der Waals surface area contributed by atoms with Crippen LogP contribution in [0.3, 0.4) is 0 Å². The average Bonchev–Trinajstić information content (AvgIpc) is 3.01. The minimum atomic E-state index is -0.983. The summed E-state index contributed by atoms with van der Waals surface area (Å²) in [6.45, 7) is -0.0214. The zero-order valence-electron chi connectivity index (χ0n) is 15.8. The summed E-state index contributed by atoms with van der Waals surface area (Å²) in [6, 6.07) is 9.14. The van der Waals surface area contributed by atoms with Crippen molar-refractivity contribution in [1.82, 2.24) is 9.88 Å². The predicted molar refractivity (Wildman–Crippen MR) is 104 cm³/mol. The van der Waals surface area contributed by atoms with Crippen molar-refractivity contribution in [3.63, 3.8) is 0 Å². The molecule has 0 bridgehead atoms. The Bertz CT molecular complexity index is 991. The number of non-ortho nitro benzene ring substituents is 1. The third kappa shape index (κ3) is 4.19. The summed E-state index contributed by atoms with van der Waals surface area (Å²) in [4.78, 5) is 41.3. The molecular weight excluding hydrogens is 394 g/mol. The standard InChI is InChI=1S/C20H19N3O7/c24-9-11-30-10-8-22-17(15-6-1-2-7-21-15)16(19(26)20(22)27)18(25)13-4-3-5-14(12-13)23(28)29/h1-7,12,17,24-25H,8-11H2. The number of carbonyl (C=O) groups is 2. The SMILES string of the molecule is O=C1C(=O)N(CCOCCO)C(c2ccccn2)C1=C(O)c1cccc([N+](=O)[O-])c1. The summed E-state index contributed by atoms with van der Waals surface area (Å²) in [5.41, 5.74) is -0.0769. The number of nitro benzene ring substituents is 1. The molecule has 2 heterocycles. The Morgan fingerprint density at radius 2 is 2.00 bits per heavy atom. The second-order valence-corrected chi connectivity index (χ2v) is 6.39. The van der Waals surface area contributed by atoms with E-state index in [0.717, 1.165) is 6.07 Å². The van der Waals surface area contributed by atoms with Crippen molar-refractivity contribution >= 4 is 23.1 Å². The van der Waals surface area contributed by atoms with Crippen LogP contribution in [0.2, 0.25) is 0 Å². The number of hydrogen-bond acceptors (Lipinski definition) is 8. The van der Waals surface area contributed by atoms with Gasteiger partial charge in [-0.15, -0.1) is 0 Å². The Morgan fingerprint density at radius 1 is 1.20 bits per heavy atom. The highest BCUT2D eigenvalue weighted by Crippen LogP contribution is 2.38. The number of Topliss-reactive ketones (excluding diaryl/α,β-unsaturated/α-hetero) is 1. The first-order valence-corrected chi connectivity index (χ1v) is 9.08. The zero-order chi connectivity index (χ0) is 21.7. The van der Waals surface area contributed by atoms with E-state index in [4.69, 9.17) is 9.84 Å². The van der Waals surface area contributed by atoms with E-state index in [-0.39, 0.29) is 43.2 Å². The molecule has 1 aliphatic rings. The van der Waals surface area contributed by atoms with Crippen LogP contribution in [0.15, 0.2) is 54.2 Å². The van der Waals surface area contributed by atoms with Gasteiger partial charge in [-0.3, -0.25) is 24.7 Å². The van der Waals surface area contributed by atoms with Gasteiger partial charge in [-0.2, -0.15) is 0 Å².